The zero-order valence-corrected chi connectivity index (χ0v) is 18.5. The summed E-state index contributed by atoms with van der Waals surface area (Å²) >= 11 is 1.21. The molecule has 160 valence electrons. The van der Waals surface area contributed by atoms with Crippen LogP contribution in [0.4, 0.5) is 10.7 Å². The van der Waals surface area contributed by atoms with Crippen LogP contribution in [-0.4, -0.2) is 23.4 Å². The van der Waals surface area contributed by atoms with Crippen LogP contribution < -0.4 is 5.32 Å². The molecule has 1 N–H and O–H groups in total. The molecule has 0 saturated carbocycles. The van der Waals surface area contributed by atoms with Crippen LogP contribution in [-0.2, 0) is 4.74 Å². The van der Waals surface area contributed by atoms with Crippen molar-refractivity contribution in [2.24, 2.45) is 0 Å². The first-order valence-corrected chi connectivity index (χ1v) is 10.5. The van der Waals surface area contributed by atoms with Crippen LogP contribution in [0.5, 0.6) is 0 Å². The third-order valence-electron chi connectivity index (χ3n) is 4.92. The molecule has 2 aromatic carbocycles. The number of rotatable bonds is 6. The molecule has 0 bridgehead atoms. The van der Waals surface area contributed by atoms with Crippen molar-refractivity contribution in [1.29, 1.82) is 0 Å². The molecule has 0 radical (unpaired) electrons. The lowest BCUT2D eigenvalue weighted by atomic mass is 9.97. The Balaban J connectivity index is 2.05. The van der Waals surface area contributed by atoms with E-state index in [2.05, 4.69) is 5.32 Å². The molecular weight excluding hydrogens is 416 g/mol. The van der Waals surface area contributed by atoms with Crippen molar-refractivity contribution in [2.45, 2.75) is 27.7 Å². The third-order valence-corrected chi connectivity index (χ3v) is 5.81. The molecular formula is C23H22N2O5S. The van der Waals surface area contributed by atoms with Gasteiger partial charge >= 0.3 is 5.97 Å². The number of nitro groups is 1. The predicted octanol–water partition coefficient (Wildman–Crippen LogP) is 5.68. The molecule has 0 aliphatic carbocycles. The number of thiophene rings is 1. The summed E-state index contributed by atoms with van der Waals surface area (Å²) in [6.45, 7) is 7.38. The molecule has 0 unspecified atom stereocenters. The lowest BCUT2D eigenvalue weighted by Gasteiger charge is -2.11. The summed E-state index contributed by atoms with van der Waals surface area (Å²) in [5, 5.41) is 16.1. The second kappa shape index (κ2) is 9.09. The Morgan fingerprint density at radius 3 is 2.52 bits per heavy atom. The third kappa shape index (κ3) is 4.49. The molecule has 0 fully saturated rings. The zero-order chi connectivity index (χ0) is 22.7. The molecule has 3 aromatic rings. The second-order valence-electron chi connectivity index (χ2n) is 7.05. The summed E-state index contributed by atoms with van der Waals surface area (Å²) in [7, 11) is 0. The molecule has 0 aliphatic rings. The average molecular weight is 439 g/mol. The van der Waals surface area contributed by atoms with Crippen LogP contribution in [0.1, 0.15) is 44.3 Å². The normalized spacial score (nSPS) is 10.6. The second-order valence-corrected chi connectivity index (χ2v) is 7.93. The maximum absolute atomic E-state index is 12.9. The number of hydrogen-bond acceptors (Lipinski definition) is 6. The van der Waals surface area contributed by atoms with E-state index in [4.69, 9.17) is 4.74 Å². The van der Waals surface area contributed by atoms with Gasteiger partial charge in [-0.15, -0.1) is 11.3 Å². The first kappa shape index (κ1) is 22.2. The van der Waals surface area contributed by atoms with Crippen LogP contribution in [0.3, 0.4) is 0 Å². The van der Waals surface area contributed by atoms with Crippen LogP contribution in [0.2, 0.25) is 0 Å². The van der Waals surface area contributed by atoms with Crippen molar-refractivity contribution in [3.8, 4) is 11.1 Å². The molecule has 1 aromatic heterocycles. The van der Waals surface area contributed by atoms with E-state index in [0.29, 0.717) is 10.6 Å². The Labute approximate surface area is 183 Å². The number of benzene rings is 2. The van der Waals surface area contributed by atoms with E-state index in [1.165, 1.54) is 36.5 Å². The van der Waals surface area contributed by atoms with Crippen LogP contribution in [0.15, 0.2) is 41.8 Å². The van der Waals surface area contributed by atoms with Crippen LogP contribution >= 0.6 is 11.3 Å². The SMILES string of the molecule is CCOC(=O)c1c(-c2ccc(C)cc2C)csc1NC(=O)c1cccc([N+](=O)[O-])c1C. The fraction of sp³-hybridized carbons (Fsp3) is 0.217. The minimum absolute atomic E-state index is 0.139. The number of carbonyl (C=O) groups excluding carboxylic acids is 2. The molecule has 8 heteroatoms. The molecule has 3 rings (SSSR count). The number of nitrogens with one attached hydrogen (secondary N) is 1. The van der Waals surface area contributed by atoms with Crippen molar-refractivity contribution >= 4 is 33.9 Å². The summed E-state index contributed by atoms with van der Waals surface area (Å²) in [6.07, 6.45) is 0. The summed E-state index contributed by atoms with van der Waals surface area (Å²) in [5.74, 6) is -1.06. The largest absolute Gasteiger partial charge is 0.462 e. The van der Waals surface area contributed by atoms with E-state index in [-0.39, 0.29) is 29.0 Å². The monoisotopic (exact) mass is 438 g/mol. The van der Waals surface area contributed by atoms with Gasteiger partial charge in [0, 0.05) is 28.1 Å². The molecule has 0 atom stereocenters. The Bertz CT molecular complexity index is 1180. The number of hydrogen-bond donors (Lipinski definition) is 1. The minimum atomic E-state index is -0.537. The maximum Gasteiger partial charge on any atom is 0.341 e. The summed E-state index contributed by atoms with van der Waals surface area (Å²) < 4.78 is 5.24. The Hall–Kier alpha value is -3.52. The maximum atomic E-state index is 12.9. The van der Waals surface area contributed by atoms with Gasteiger partial charge < -0.3 is 10.1 Å². The fourth-order valence-electron chi connectivity index (χ4n) is 3.41. The minimum Gasteiger partial charge on any atom is -0.462 e. The zero-order valence-electron chi connectivity index (χ0n) is 17.6. The number of nitrogens with zero attached hydrogens (tertiary/aromatic N) is 1. The first-order chi connectivity index (χ1) is 14.7. The summed E-state index contributed by atoms with van der Waals surface area (Å²) in [6, 6.07) is 10.2. The lowest BCUT2D eigenvalue weighted by molar-refractivity contribution is -0.385. The molecule has 0 aliphatic heterocycles. The highest BCUT2D eigenvalue weighted by Gasteiger charge is 2.25. The summed E-state index contributed by atoms with van der Waals surface area (Å²) in [4.78, 5) is 36.4. The molecule has 1 heterocycles. The van der Waals surface area contributed by atoms with Gasteiger partial charge in [-0.05, 0) is 44.9 Å². The van der Waals surface area contributed by atoms with Crippen LogP contribution in [0.25, 0.3) is 11.1 Å². The van der Waals surface area contributed by atoms with E-state index >= 15 is 0 Å². The number of anilines is 1. The number of aryl methyl sites for hydroxylation is 2. The highest BCUT2D eigenvalue weighted by molar-refractivity contribution is 7.15. The van der Waals surface area contributed by atoms with Gasteiger partial charge in [0.15, 0.2) is 0 Å². The van der Waals surface area contributed by atoms with Gasteiger partial charge in [-0.2, -0.15) is 0 Å². The number of esters is 1. The van der Waals surface area contributed by atoms with E-state index in [0.717, 1.165) is 16.7 Å². The lowest BCUT2D eigenvalue weighted by Crippen LogP contribution is -2.16. The number of carbonyl (C=O) groups is 2. The van der Waals surface area contributed by atoms with Crippen molar-refractivity contribution in [1.82, 2.24) is 0 Å². The first-order valence-electron chi connectivity index (χ1n) is 9.66. The topological polar surface area (TPSA) is 98.5 Å². The van der Waals surface area contributed by atoms with Gasteiger partial charge in [0.05, 0.1) is 11.5 Å². The van der Waals surface area contributed by atoms with Gasteiger partial charge in [0.1, 0.15) is 10.6 Å². The highest BCUT2D eigenvalue weighted by Crippen LogP contribution is 2.38. The molecule has 31 heavy (non-hydrogen) atoms. The van der Waals surface area contributed by atoms with E-state index in [1.807, 2.05) is 32.0 Å². The Morgan fingerprint density at radius 2 is 1.87 bits per heavy atom. The standard InChI is InChI=1S/C23H22N2O5S/c1-5-30-23(27)20-18(16-10-9-13(2)11-14(16)3)12-31-22(20)24-21(26)17-7-6-8-19(15(17)4)25(28)29/h6-12H,5H2,1-4H3,(H,24,26). The van der Waals surface area contributed by atoms with Gasteiger partial charge in [0.2, 0.25) is 0 Å². The van der Waals surface area contributed by atoms with Gasteiger partial charge in [-0.25, -0.2) is 4.79 Å². The molecule has 7 nitrogen and oxygen atoms in total. The quantitative estimate of drug-likeness (QED) is 0.303. The van der Waals surface area contributed by atoms with Gasteiger partial charge in [-0.3, -0.25) is 14.9 Å². The molecule has 1 amide bonds. The molecule has 0 saturated heterocycles. The van der Waals surface area contributed by atoms with Crippen molar-refractivity contribution in [2.75, 3.05) is 11.9 Å². The summed E-state index contributed by atoms with van der Waals surface area (Å²) in [5.41, 5.74) is 4.21. The van der Waals surface area contributed by atoms with Crippen molar-refractivity contribution < 1.29 is 19.2 Å². The Morgan fingerprint density at radius 1 is 1.13 bits per heavy atom. The number of ether oxygens (including phenoxy) is 1. The van der Waals surface area contributed by atoms with E-state index in [9.17, 15) is 19.7 Å². The van der Waals surface area contributed by atoms with E-state index < -0.39 is 16.8 Å². The fourth-order valence-corrected chi connectivity index (χ4v) is 4.35. The Kier molecular flexibility index (Phi) is 6.50. The van der Waals surface area contributed by atoms with Gasteiger partial charge in [-0.1, -0.05) is 29.8 Å². The average Bonchev–Trinajstić information content (AvgIpc) is 3.11. The van der Waals surface area contributed by atoms with Gasteiger partial charge in [0.25, 0.3) is 11.6 Å². The smallest absolute Gasteiger partial charge is 0.341 e. The predicted molar refractivity (Wildman–Crippen MR) is 121 cm³/mol. The number of amides is 1. The van der Waals surface area contributed by atoms with Crippen LogP contribution in [0, 0.1) is 30.9 Å². The highest BCUT2D eigenvalue weighted by atomic mass is 32.1. The van der Waals surface area contributed by atoms with Crippen molar-refractivity contribution in [3.05, 3.63) is 79.7 Å². The van der Waals surface area contributed by atoms with Crippen molar-refractivity contribution in [3.63, 3.8) is 0 Å². The van der Waals surface area contributed by atoms with E-state index in [1.54, 1.807) is 12.3 Å². The molecule has 0 spiro atoms. The number of nitro benzene ring substituents is 1.